The highest BCUT2D eigenvalue weighted by molar-refractivity contribution is 7.98. The summed E-state index contributed by atoms with van der Waals surface area (Å²) in [4.78, 5) is 22.7. The van der Waals surface area contributed by atoms with Gasteiger partial charge in [-0.3, -0.25) is 9.59 Å². The van der Waals surface area contributed by atoms with Crippen LogP contribution in [-0.4, -0.2) is 29.3 Å². The van der Waals surface area contributed by atoms with Crippen molar-refractivity contribution in [3.05, 3.63) is 59.7 Å². The van der Waals surface area contributed by atoms with Crippen LogP contribution in [0.1, 0.15) is 17.5 Å². The largest absolute Gasteiger partial charge is 0.481 e. The lowest BCUT2D eigenvalue weighted by atomic mass is 10.1. The van der Waals surface area contributed by atoms with E-state index < -0.39 is 12.6 Å². The van der Waals surface area contributed by atoms with E-state index in [9.17, 15) is 18.4 Å². The Morgan fingerprint density at radius 1 is 1.11 bits per heavy atom. The number of amides is 1. The molecular weight excluding hydrogens is 376 g/mol. The first-order chi connectivity index (χ1) is 12.9. The van der Waals surface area contributed by atoms with E-state index in [1.54, 1.807) is 18.2 Å². The van der Waals surface area contributed by atoms with Crippen LogP contribution < -0.4 is 10.1 Å². The van der Waals surface area contributed by atoms with Crippen LogP contribution in [0.5, 0.6) is 5.75 Å². The molecular formula is C19H19F2NO4S. The Morgan fingerprint density at radius 3 is 2.52 bits per heavy atom. The zero-order valence-corrected chi connectivity index (χ0v) is 15.2. The molecule has 144 valence electrons. The zero-order valence-electron chi connectivity index (χ0n) is 14.4. The molecule has 0 unspecified atom stereocenters. The van der Waals surface area contributed by atoms with E-state index in [4.69, 9.17) is 5.11 Å². The van der Waals surface area contributed by atoms with Crippen LogP contribution in [0.25, 0.3) is 0 Å². The van der Waals surface area contributed by atoms with Gasteiger partial charge in [-0.15, -0.1) is 0 Å². The maximum atomic E-state index is 12.2. The third-order valence-corrected chi connectivity index (χ3v) is 4.48. The molecule has 5 nitrogen and oxygen atoms in total. The number of hydrogen-bond donors (Lipinski definition) is 2. The first-order valence-electron chi connectivity index (χ1n) is 8.14. The van der Waals surface area contributed by atoms with Crippen LogP contribution in [0.15, 0.2) is 48.5 Å². The second-order valence-electron chi connectivity index (χ2n) is 5.64. The molecule has 2 aromatic rings. The number of ether oxygens (including phenoxy) is 1. The van der Waals surface area contributed by atoms with Gasteiger partial charge in [0.05, 0.1) is 12.8 Å². The number of hydrogen-bond acceptors (Lipinski definition) is 4. The highest BCUT2D eigenvalue weighted by Gasteiger charge is 2.07. The van der Waals surface area contributed by atoms with Gasteiger partial charge in [0.2, 0.25) is 5.91 Å². The second kappa shape index (κ2) is 10.5. The summed E-state index contributed by atoms with van der Waals surface area (Å²) in [7, 11) is 0. The standard InChI is InChI=1S/C19H19F2NO4S/c20-19(21)26-16-6-4-13(5-7-16)11-17(23)22-15-3-1-2-14(10-15)12-27-9-8-18(24)25/h1-7,10,19H,8-9,11-12H2,(H,22,23)(H,24,25). The number of nitrogens with one attached hydrogen (secondary N) is 1. The van der Waals surface area contributed by atoms with E-state index >= 15 is 0 Å². The Balaban J connectivity index is 1.84. The number of halogens is 2. The Morgan fingerprint density at radius 2 is 1.85 bits per heavy atom. The summed E-state index contributed by atoms with van der Waals surface area (Å²) >= 11 is 1.51. The minimum Gasteiger partial charge on any atom is -0.481 e. The quantitative estimate of drug-likeness (QED) is 0.591. The third-order valence-electron chi connectivity index (χ3n) is 3.45. The molecule has 0 saturated carbocycles. The Bertz CT molecular complexity index is 769. The van der Waals surface area contributed by atoms with Crippen LogP contribution in [0.3, 0.4) is 0 Å². The Kier molecular flexibility index (Phi) is 8.06. The maximum absolute atomic E-state index is 12.2. The first-order valence-corrected chi connectivity index (χ1v) is 9.30. The zero-order chi connectivity index (χ0) is 19.6. The van der Waals surface area contributed by atoms with Crippen molar-refractivity contribution in [1.82, 2.24) is 0 Å². The highest BCUT2D eigenvalue weighted by atomic mass is 32.2. The molecule has 0 spiro atoms. The second-order valence-corrected chi connectivity index (χ2v) is 6.75. The van der Waals surface area contributed by atoms with E-state index in [1.165, 1.54) is 23.9 Å². The molecule has 0 heterocycles. The van der Waals surface area contributed by atoms with Crippen LogP contribution in [-0.2, 0) is 21.8 Å². The summed E-state index contributed by atoms with van der Waals surface area (Å²) in [5, 5.41) is 11.4. The summed E-state index contributed by atoms with van der Waals surface area (Å²) in [6.45, 7) is -2.88. The molecule has 8 heteroatoms. The van der Waals surface area contributed by atoms with E-state index in [0.717, 1.165) is 5.56 Å². The number of benzene rings is 2. The van der Waals surface area contributed by atoms with Crippen molar-refractivity contribution in [1.29, 1.82) is 0 Å². The van der Waals surface area contributed by atoms with Crippen LogP contribution >= 0.6 is 11.8 Å². The molecule has 1 amide bonds. The Hall–Kier alpha value is -2.61. The van der Waals surface area contributed by atoms with Gasteiger partial charge in [0.1, 0.15) is 5.75 Å². The molecule has 0 atom stereocenters. The van der Waals surface area contributed by atoms with Crippen molar-refractivity contribution in [3.63, 3.8) is 0 Å². The van der Waals surface area contributed by atoms with Gasteiger partial charge in [-0.2, -0.15) is 20.5 Å². The van der Waals surface area contributed by atoms with Gasteiger partial charge >= 0.3 is 12.6 Å². The van der Waals surface area contributed by atoms with Crippen LogP contribution in [0, 0.1) is 0 Å². The Labute approximate surface area is 159 Å². The topological polar surface area (TPSA) is 75.6 Å². The monoisotopic (exact) mass is 395 g/mol. The molecule has 2 rings (SSSR count). The fraction of sp³-hybridized carbons (Fsp3) is 0.263. The molecule has 0 fully saturated rings. The highest BCUT2D eigenvalue weighted by Crippen LogP contribution is 2.18. The molecule has 0 bridgehead atoms. The van der Waals surface area contributed by atoms with Gasteiger partial charge in [-0.05, 0) is 35.4 Å². The molecule has 27 heavy (non-hydrogen) atoms. The summed E-state index contributed by atoms with van der Waals surface area (Å²) in [6.07, 6.45) is 0.217. The van der Waals surface area contributed by atoms with Crippen molar-refractivity contribution in [2.24, 2.45) is 0 Å². The average molecular weight is 395 g/mol. The fourth-order valence-corrected chi connectivity index (χ4v) is 3.15. The molecule has 0 saturated heterocycles. The number of carboxylic acids is 1. The van der Waals surface area contributed by atoms with E-state index in [1.807, 2.05) is 18.2 Å². The summed E-state index contributed by atoms with van der Waals surface area (Å²) < 4.78 is 28.5. The normalized spacial score (nSPS) is 10.6. The smallest absolute Gasteiger partial charge is 0.387 e. The summed E-state index contributed by atoms with van der Waals surface area (Å²) in [5.74, 6) is 0.174. The molecule has 0 aliphatic heterocycles. The van der Waals surface area contributed by atoms with Gasteiger partial charge in [0, 0.05) is 17.2 Å². The molecule has 0 aliphatic rings. The maximum Gasteiger partial charge on any atom is 0.387 e. The lowest BCUT2D eigenvalue weighted by molar-refractivity contribution is -0.136. The predicted molar refractivity (Wildman–Crippen MR) is 100 cm³/mol. The van der Waals surface area contributed by atoms with Crippen molar-refractivity contribution in [3.8, 4) is 5.75 Å². The number of alkyl halides is 2. The van der Waals surface area contributed by atoms with Gasteiger partial charge in [-0.25, -0.2) is 0 Å². The van der Waals surface area contributed by atoms with Gasteiger partial charge in [0.25, 0.3) is 0 Å². The minimum atomic E-state index is -2.88. The van der Waals surface area contributed by atoms with Gasteiger partial charge < -0.3 is 15.2 Å². The van der Waals surface area contributed by atoms with Crippen molar-refractivity contribution < 1.29 is 28.2 Å². The SMILES string of the molecule is O=C(O)CCSCc1cccc(NC(=O)Cc2ccc(OC(F)F)cc2)c1. The number of carbonyl (C=O) groups is 2. The number of rotatable bonds is 10. The lowest BCUT2D eigenvalue weighted by Gasteiger charge is -2.08. The molecule has 0 aromatic heterocycles. The lowest BCUT2D eigenvalue weighted by Crippen LogP contribution is -2.14. The fourth-order valence-electron chi connectivity index (χ4n) is 2.27. The molecule has 2 N–H and O–H groups in total. The molecule has 2 aromatic carbocycles. The number of thioether (sulfide) groups is 1. The number of aliphatic carboxylic acids is 1. The number of anilines is 1. The molecule has 0 aliphatic carbocycles. The molecule has 0 radical (unpaired) electrons. The minimum absolute atomic E-state index is 0.0438. The van der Waals surface area contributed by atoms with Gasteiger partial charge in [-0.1, -0.05) is 24.3 Å². The first kappa shape index (κ1) is 20.7. The van der Waals surface area contributed by atoms with Crippen LogP contribution in [0.4, 0.5) is 14.5 Å². The predicted octanol–water partition coefficient (Wildman–Crippen LogP) is 4.18. The van der Waals surface area contributed by atoms with Crippen molar-refractivity contribution >= 4 is 29.3 Å². The summed E-state index contributed by atoms with van der Waals surface area (Å²) in [6, 6.07) is 13.2. The van der Waals surface area contributed by atoms with E-state index in [0.29, 0.717) is 22.8 Å². The van der Waals surface area contributed by atoms with E-state index in [2.05, 4.69) is 10.1 Å². The van der Waals surface area contributed by atoms with Crippen molar-refractivity contribution in [2.75, 3.05) is 11.1 Å². The van der Waals surface area contributed by atoms with Crippen LogP contribution in [0.2, 0.25) is 0 Å². The van der Waals surface area contributed by atoms with Gasteiger partial charge in [0.15, 0.2) is 0 Å². The number of carbonyl (C=O) groups excluding carboxylic acids is 1. The summed E-state index contributed by atoms with van der Waals surface area (Å²) in [5.41, 5.74) is 2.31. The third kappa shape index (κ3) is 8.08. The van der Waals surface area contributed by atoms with E-state index in [-0.39, 0.29) is 24.5 Å². The number of carboxylic acid groups (broad SMARTS) is 1. The van der Waals surface area contributed by atoms with Crippen molar-refractivity contribution in [2.45, 2.75) is 25.2 Å². The average Bonchev–Trinajstić information content (AvgIpc) is 2.60.